The van der Waals surface area contributed by atoms with Crippen molar-refractivity contribution in [2.45, 2.75) is 6.92 Å². The number of carbonyl (C=O) groups is 1. The van der Waals surface area contributed by atoms with Crippen molar-refractivity contribution in [3.05, 3.63) is 55.3 Å². The molecule has 0 aliphatic heterocycles. The first-order valence-electron chi connectivity index (χ1n) is 5.55. The predicted octanol–water partition coefficient (Wildman–Crippen LogP) is 2.76. The van der Waals surface area contributed by atoms with Gasteiger partial charge in [0.2, 0.25) is 0 Å². The lowest BCUT2D eigenvalue weighted by Crippen LogP contribution is -2.16. The zero-order valence-corrected chi connectivity index (χ0v) is 10.0. The second-order valence-electron chi connectivity index (χ2n) is 3.34. The standard InChI is InChI=1S/C14H17NO2/c1-3-11-15(12-10-14(16)17-4-2)13-8-6-5-7-9-13/h3,5-10,12H,1,4,11H2,2H3/b12-10+. The number of nitrogens with zero attached hydrogens (tertiary/aromatic N) is 1. The number of ether oxygens (including phenoxy) is 1. The van der Waals surface area contributed by atoms with E-state index in [1.165, 1.54) is 6.08 Å². The summed E-state index contributed by atoms with van der Waals surface area (Å²) in [6, 6.07) is 9.79. The Morgan fingerprint density at radius 2 is 2.12 bits per heavy atom. The molecule has 0 saturated carbocycles. The van der Waals surface area contributed by atoms with Crippen molar-refractivity contribution < 1.29 is 9.53 Å². The van der Waals surface area contributed by atoms with E-state index in [0.717, 1.165) is 5.69 Å². The van der Waals surface area contributed by atoms with Crippen molar-refractivity contribution >= 4 is 11.7 Å². The first-order chi connectivity index (χ1) is 8.27. The first kappa shape index (κ1) is 13.0. The molecule has 90 valence electrons. The van der Waals surface area contributed by atoms with Gasteiger partial charge in [-0.25, -0.2) is 4.79 Å². The average Bonchev–Trinajstić information content (AvgIpc) is 2.36. The number of benzene rings is 1. The molecule has 0 unspecified atom stereocenters. The van der Waals surface area contributed by atoms with E-state index in [0.29, 0.717) is 13.2 Å². The molecule has 0 radical (unpaired) electrons. The van der Waals surface area contributed by atoms with Gasteiger partial charge in [-0.2, -0.15) is 0 Å². The smallest absolute Gasteiger partial charge is 0.332 e. The maximum atomic E-state index is 11.2. The van der Waals surface area contributed by atoms with Gasteiger partial charge in [0, 0.05) is 24.5 Å². The molecule has 0 heterocycles. The van der Waals surface area contributed by atoms with Crippen LogP contribution >= 0.6 is 0 Å². The maximum absolute atomic E-state index is 11.2. The minimum absolute atomic E-state index is 0.336. The Labute approximate surface area is 102 Å². The third kappa shape index (κ3) is 4.55. The largest absolute Gasteiger partial charge is 0.463 e. The van der Waals surface area contributed by atoms with E-state index in [1.807, 2.05) is 35.2 Å². The van der Waals surface area contributed by atoms with Gasteiger partial charge in [-0.1, -0.05) is 24.3 Å². The van der Waals surface area contributed by atoms with Gasteiger partial charge < -0.3 is 9.64 Å². The predicted molar refractivity (Wildman–Crippen MR) is 69.8 cm³/mol. The summed E-state index contributed by atoms with van der Waals surface area (Å²) in [4.78, 5) is 13.1. The number of hydrogen-bond acceptors (Lipinski definition) is 3. The van der Waals surface area contributed by atoms with E-state index in [-0.39, 0.29) is 5.97 Å². The molecule has 0 aliphatic rings. The molecule has 0 aromatic heterocycles. The van der Waals surface area contributed by atoms with E-state index in [1.54, 1.807) is 19.2 Å². The summed E-state index contributed by atoms with van der Waals surface area (Å²) in [6.45, 7) is 6.50. The third-order valence-electron chi connectivity index (χ3n) is 2.09. The molecule has 0 atom stereocenters. The molecule has 3 heteroatoms. The van der Waals surface area contributed by atoms with Gasteiger partial charge >= 0.3 is 5.97 Å². The molecule has 1 aromatic carbocycles. The van der Waals surface area contributed by atoms with Crippen molar-refractivity contribution in [3.8, 4) is 0 Å². The van der Waals surface area contributed by atoms with E-state index in [4.69, 9.17) is 4.74 Å². The lowest BCUT2D eigenvalue weighted by atomic mass is 10.3. The monoisotopic (exact) mass is 231 g/mol. The van der Waals surface area contributed by atoms with Crippen LogP contribution in [0, 0.1) is 0 Å². The SMILES string of the molecule is C=CCN(/C=C/C(=O)OCC)c1ccccc1. The topological polar surface area (TPSA) is 29.5 Å². The Balaban J connectivity index is 2.73. The molecule has 17 heavy (non-hydrogen) atoms. The Morgan fingerprint density at radius 1 is 1.41 bits per heavy atom. The Morgan fingerprint density at radius 3 is 2.71 bits per heavy atom. The molecule has 0 saturated heterocycles. The Kier molecular flexibility index (Phi) is 5.58. The van der Waals surface area contributed by atoms with Gasteiger partial charge in [-0.15, -0.1) is 6.58 Å². The van der Waals surface area contributed by atoms with Gasteiger partial charge in [0.1, 0.15) is 0 Å². The number of rotatable bonds is 6. The van der Waals surface area contributed by atoms with Gasteiger partial charge in [0.05, 0.1) is 6.61 Å². The number of anilines is 1. The van der Waals surface area contributed by atoms with Crippen LogP contribution in [-0.4, -0.2) is 19.1 Å². The van der Waals surface area contributed by atoms with Gasteiger partial charge in [-0.3, -0.25) is 0 Å². The molecule has 0 spiro atoms. The van der Waals surface area contributed by atoms with Crippen LogP contribution in [0.3, 0.4) is 0 Å². The second-order valence-corrected chi connectivity index (χ2v) is 3.34. The molecule has 0 fully saturated rings. The first-order valence-corrected chi connectivity index (χ1v) is 5.55. The number of esters is 1. The van der Waals surface area contributed by atoms with Crippen LogP contribution in [-0.2, 0) is 9.53 Å². The van der Waals surface area contributed by atoms with Crippen LogP contribution in [0.4, 0.5) is 5.69 Å². The average molecular weight is 231 g/mol. The fourth-order valence-electron chi connectivity index (χ4n) is 1.35. The minimum Gasteiger partial charge on any atom is -0.463 e. The summed E-state index contributed by atoms with van der Waals surface area (Å²) in [5.74, 6) is -0.336. The highest BCUT2D eigenvalue weighted by Crippen LogP contribution is 2.13. The van der Waals surface area contributed by atoms with Gasteiger partial charge in [0.15, 0.2) is 0 Å². The molecular formula is C14H17NO2. The molecule has 0 bridgehead atoms. The van der Waals surface area contributed by atoms with E-state index >= 15 is 0 Å². The summed E-state index contributed by atoms with van der Waals surface area (Å²) in [6.07, 6.45) is 4.90. The zero-order chi connectivity index (χ0) is 12.5. The lowest BCUT2D eigenvalue weighted by molar-refractivity contribution is -0.137. The summed E-state index contributed by atoms with van der Waals surface area (Å²) < 4.78 is 4.83. The molecular weight excluding hydrogens is 214 g/mol. The van der Waals surface area contributed by atoms with Crippen LogP contribution in [0.1, 0.15) is 6.92 Å². The van der Waals surface area contributed by atoms with E-state index < -0.39 is 0 Å². The van der Waals surface area contributed by atoms with Gasteiger partial charge in [-0.05, 0) is 19.1 Å². The van der Waals surface area contributed by atoms with Crippen molar-refractivity contribution in [2.75, 3.05) is 18.1 Å². The lowest BCUT2D eigenvalue weighted by Gasteiger charge is -2.18. The van der Waals surface area contributed by atoms with Crippen LogP contribution in [0.2, 0.25) is 0 Å². The van der Waals surface area contributed by atoms with Crippen molar-refractivity contribution in [3.63, 3.8) is 0 Å². The molecule has 3 nitrogen and oxygen atoms in total. The summed E-state index contributed by atoms with van der Waals surface area (Å²) in [5.41, 5.74) is 1.01. The third-order valence-corrected chi connectivity index (χ3v) is 2.09. The van der Waals surface area contributed by atoms with E-state index in [2.05, 4.69) is 6.58 Å². The number of carbonyl (C=O) groups excluding carboxylic acids is 1. The summed E-state index contributed by atoms with van der Waals surface area (Å²) in [5, 5.41) is 0. The van der Waals surface area contributed by atoms with E-state index in [9.17, 15) is 4.79 Å². The number of para-hydroxylation sites is 1. The molecule has 1 rings (SSSR count). The molecule has 1 aromatic rings. The van der Waals surface area contributed by atoms with Crippen LogP contribution in [0.15, 0.2) is 55.3 Å². The highest BCUT2D eigenvalue weighted by Gasteiger charge is 2.01. The van der Waals surface area contributed by atoms with Crippen LogP contribution < -0.4 is 4.90 Å². The molecule has 0 aliphatic carbocycles. The summed E-state index contributed by atoms with van der Waals surface area (Å²) in [7, 11) is 0. The Hall–Kier alpha value is -2.03. The molecule has 0 amide bonds. The van der Waals surface area contributed by atoms with Crippen LogP contribution in [0.25, 0.3) is 0 Å². The van der Waals surface area contributed by atoms with Crippen molar-refractivity contribution in [1.82, 2.24) is 0 Å². The van der Waals surface area contributed by atoms with Crippen molar-refractivity contribution in [2.24, 2.45) is 0 Å². The second kappa shape index (κ2) is 7.28. The normalized spacial score (nSPS) is 10.2. The number of hydrogen-bond donors (Lipinski definition) is 0. The zero-order valence-electron chi connectivity index (χ0n) is 10.0. The maximum Gasteiger partial charge on any atom is 0.332 e. The Bertz CT molecular complexity index is 384. The highest BCUT2D eigenvalue weighted by molar-refractivity contribution is 5.82. The molecule has 0 N–H and O–H groups in total. The van der Waals surface area contributed by atoms with Crippen molar-refractivity contribution in [1.29, 1.82) is 0 Å². The fraction of sp³-hybridized carbons (Fsp3) is 0.214. The minimum atomic E-state index is -0.336. The fourth-order valence-corrected chi connectivity index (χ4v) is 1.35. The van der Waals surface area contributed by atoms with Gasteiger partial charge in [0.25, 0.3) is 0 Å². The summed E-state index contributed by atoms with van der Waals surface area (Å²) >= 11 is 0. The quantitative estimate of drug-likeness (QED) is 0.428. The van der Waals surface area contributed by atoms with Crippen LogP contribution in [0.5, 0.6) is 0 Å². The highest BCUT2D eigenvalue weighted by atomic mass is 16.5.